The van der Waals surface area contributed by atoms with Crippen LogP contribution in [0.15, 0.2) is 37.1 Å². The van der Waals surface area contributed by atoms with Crippen molar-refractivity contribution in [2.24, 2.45) is 0 Å². The van der Waals surface area contributed by atoms with Crippen LogP contribution in [-0.4, -0.2) is 73.9 Å². The zero-order chi connectivity index (χ0) is 22.4. The molecule has 1 unspecified atom stereocenters. The quantitative estimate of drug-likeness (QED) is 0.408. The molecule has 31 heavy (non-hydrogen) atoms. The van der Waals surface area contributed by atoms with E-state index < -0.39 is 0 Å². The Kier molecular flexibility index (Phi) is 7.54. The van der Waals surface area contributed by atoms with Gasteiger partial charge in [0.1, 0.15) is 0 Å². The fraction of sp³-hybridized carbons (Fsp3) is 0.455. The van der Waals surface area contributed by atoms with Crippen molar-refractivity contribution in [3.63, 3.8) is 0 Å². The average molecular weight is 425 g/mol. The van der Waals surface area contributed by atoms with E-state index in [0.29, 0.717) is 23.9 Å². The number of hydrogen-bond donors (Lipinski definition) is 3. The highest BCUT2D eigenvalue weighted by atomic mass is 16.3. The molecular weight excluding hydrogens is 392 g/mol. The molecule has 0 aromatic carbocycles. The third-order valence-corrected chi connectivity index (χ3v) is 5.58. The molecule has 0 bridgehead atoms. The summed E-state index contributed by atoms with van der Waals surface area (Å²) in [4.78, 5) is 6.81. The molecule has 0 fully saturated rings. The highest BCUT2D eigenvalue weighted by Crippen LogP contribution is 2.26. The Bertz CT molecular complexity index is 1030. The number of aliphatic hydroxyl groups is 1. The Labute approximate surface area is 182 Å². The Hall–Kier alpha value is -3.04. The van der Waals surface area contributed by atoms with E-state index in [2.05, 4.69) is 29.4 Å². The van der Waals surface area contributed by atoms with Crippen LogP contribution in [0.4, 0.5) is 0 Å². The van der Waals surface area contributed by atoms with E-state index in [1.54, 1.807) is 16.9 Å². The Balaban J connectivity index is 1.95. The van der Waals surface area contributed by atoms with Crippen molar-refractivity contribution < 1.29 is 5.11 Å². The largest absolute Gasteiger partial charge is 0.395 e. The number of hydrogen-bond acceptors (Lipinski definition) is 7. The standard InChI is InChI=1S/C22H32N8O/c1-5-18(6-2)29-13-17(11-26-29)22-21-7-8-25-30(21)14-20(27-22)16(9-23)10-24-12-19(15-31)28(3)4/h7-11,13-14,18-19,23-24,31H,5-6,12,15H2,1-4H3/b16-10+,23-9?. The predicted molar refractivity (Wildman–Crippen MR) is 123 cm³/mol. The number of nitrogens with zero attached hydrogens (tertiary/aromatic N) is 6. The van der Waals surface area contributed by atoms with Crippen molar-refractivity contribution in [2.45, 2.75) is 38.8 Å². The van der Waals surface area contributed by atoms with Gasteiger partial charge in [0.25, 0.3) is 0 Å². The van der Waals surface area contributed by atoms with E-state index in [9.17, 15) is 5.11 Å². The van der Waals surface area contributed by atoms with Crippen molar-refractivity contribution in [3.8, 4) is 11.3 Å². The molecule has 9 nitrogen and oxygen atoms in total. The van der Waals surface area contributed by atoms with Crippen molar-refractivity contribution in [1.82, 2.24) is 34.6 Å². The first-order chi connectivity index (χ1) is 15.0. The second-order valence-electron chi connectivity index (χ2n) is 7.77. The number of fused-ring (bicyclic) bond motifs is 1. The van der Waals surface area contributed by atoms with Gasteiger partial charge in [0.2, 0.25) is 0 Å². The van der Waals surface area contributed by atoms with Crippen LogP contribution >= 0.6 is 0 Å². The van der Waals surface area contributed by atoms with Crippen molar-refractivity contribution in [2.75, 3.05) is 27.2 Å². The summed E-state index contributed by atoms with van der Waals surface area (Å²) in [5.41, 5.74) is 3.85. The fourth-order valence-corrected chi connectivity index (χ4v) is 3.51. The maximum Gasteiger partial charge on any atom is 0.0999 e. The molecule has 9 heteroatoms. The van der Waals surface area contributed by atoms with Crippen molar-refractivity contribution >= 4 is 17.3 Å². The first-order valence-electron chi connectivity index (χ1n) is 10.6. The van der Waals surface area contributed by atoms with Gasteiger partial charge in [-0.05, 0) is 33.0 Å². The highest BCUT2D eigenvalue weighted by molar-refractivity contribution is 6.07. The molecule has 0 aliphatic rings. The number of aromatic nitrogens is 5. The molecular formula is C22H32N8O. The summed E-state index contributed by atoms with van der Waals surface area (Å²) in [6.07, 6.45) is 12.5. The number of likely N-dealkylation sites (N-methyl/N-ethyl adjacent to an activating group) is 1. The van der Waals surface area contributed by atoms with Gasteiger partial charge in [0, 0.05) is 42.3 Å². The molecule has 3 rings (SSSR count). The first-order valence-corrected chi connectivity index (χ1v) is 10.6. The summed E-state index contributed by atoms with van der Waals surface area (Å²) in [6.45, 7) is 4.93. The Morgan fingerprint density at radius 1 is 1.26 bits per heavy atom. The van der Waals surface area contributed by atoms with Crippen LogP contribution in [0, 0.1) is 5.41 Å². The molecule has 0 aliphatic heterocycles. The van der Waals surface area contributed by atoms with Gasteiger partial charge in [-0.25, -0.2) is 9.50 Å². The van der Waals surface area contributed by atoms with Crippen LogP contribution in [0.1, 0.15) is 38.4 Å². The lowest BCUT2D eigenvalue weighted by Gasteiger charge is -2.21. The van der Waals surface area contributed by atoms with Gasteiger partial charge >= 0.3 is 0 Å². The van der Waals surface area contributed by atoms with Crippen molar-refractivity contribution in [3.05, 3.63) is 42.7 Å². The SMILES string of the molecule is CCC(CC)n1cc(-c2nc(/C(C=N)=C/NCC(CO)N(C)C)cn3nccc23)cn1. The molecule has 0 spiro atoms. The van der Waals surface area contributed by atoms with E-state index in [1.807, 2.05) is 48.3 Å². The van der Waals surface area contributed by atoms with Gasteiger partial charge in [-0.15, -0.1) is 0 Å². The predicted octanol–water partition coefficient (Wildman–Crippen LogP) is 2.46. The van der Waals surface area contributed by atoms with Gasteiger partial charge in [-0.1, -0.05) is 13.8 Å². The molecule has 0 saturated heterocycles. The molecule has 3 aromatic heterocycles. The third kappa shape index (κ3) is 5.00. The third-order valence-electron chi connectivity index (χ3n) is 5.58. The summed E-state index contributed by atoms with van der Waals surface area (Å²) >= 11 is 0. The number of rotatable bonds is 11. The topological polar surface area (TPSA) is 107 Å². The van der Waals surface area contributed by atoms with Crippen LogP contribution in [0.5, 0.6) is 0 Å². The summed E-state index contributed by atoms with van der Waals surface area (Å²) in [5, 5.41) is 29.5. The zero-order valence-electron chi connectivity index (χ0n) is 18.7. The van der Waals surface area contributed by atoms with Crippen LogP contribution in [0.2, 0.25) is 0 Å². The molecule has 1 atom stereocenters. The van der Waals surface area contributed by atoms with Gasteiger partial charge in [-0.2, -0.15) is 10.2 Å². The van der Waals surface area contributed by atoms with Crippen LogP contribution in [-0.2, 0) is 0 Å². The second-order valence-corrected chi connectivity index (χ2v) is 7.77. The number of aliphatic hydroxyl groups excluding tert-OH is 1. The lowest BCUT2D eigenvalue weighted by atomic mass is 10.1. The van der Waals surface area contributed by atoms with Gasteiger partial charge in [0.05, 0.1) is 48.1 Å². The lowest BCUT2D eigenvalue weighted by Crippen LogP contribution is -2.39. The van der Waals surface area contributed by atoms with E-state index in [4.69, 9.17) is 10.4 Å². The molecule has 3 N–H and O–H groups in total. The maximum absolute atomic E-state index is 9.49. The molecule has 0 radical (unpaired) electrons. The second kappa shape index (κ2) is 10.3. The molecule has 0 saturated carbocycles. The highest BCUT2D eigenvalue weighted by Gasteiger charge is 2.15. The average Bonchev–Trinajstić information content (AvgIpc) is 3.44. The molecule has 3 heterocycles. The van der Waals surface area contributed by atoms with Crippen LogP contribution in [0.3, 0.4) is 0 Å². The minimum Gasteiger partial charge on any atom is -0.395 e. The van der Waals surface area contributed by atoms with E-state index >= 15 is 0 Å². The summed E-state index contributed by atoms with van der Waals surface area (Å²) in [7, 11) is 3.84. The van der Waals surface area contributed by atoms with Crippen LogP contribution < -0.4 is 5.32 Å². The Morgan fingerprint density at radius 3 is 2.68 bits per heavy atom. The molecule has 0 aliphatic carbocycles. The van der Waals surface area contributed by atoms with Gasteiger partial charge < -0.3 is 20.7 Å². The minimum atomic E-state index is -0.0173. The summed E-state index contributed by atoms with van der Waals surface area (Å²) in [6, 6.07) is 2.27. The molecule has 3 aromatic rings. The smallest absolute Gasteiger partial charge is 0.0999 e. The fourth-order valence-electron chi connectivity index (χ4n) is 3.51. The monoisotopic (exact) mass is 424 g/mol. The van der Waals surface area contributed by atoms with E-state index in [0.717, 1.165) is 29.6 Å². The summed E-state index contributed by atoms with van der Waals surface area (Å²) < 4.78 is 3.78. The van der Waals surface area contributed by atoms with Gasteiger partial charge in [0.15, 0.2) is 0 Å². The van der Waals surface area contributed by atoms with E-state index in [-0.39, 0.29) is 12.6 Å². The van der Waals surface area contributed by atoms with E-state index in [1.165, 1.54) is 6.21 Å². The minimum absolute atomic E-state index is 0.0173. The maximum atomic E-state index is 9.49. The Morgan fingerprint density at radius 2 is 2.03 bits per heavy atom. The molecule has 0 amide bonds. The zero-order valence-corrected chi connectivity index (χ0v) is 18.7. The first kappa shape index (κ1) is 22.6. The number of nitrogens with one attached hydrogen (secondary N) is 2. The van der Waals surface area contributed by atoms with Crippen LogP contribution in [0.25, 0.3) is 22.3 Å². The summed E-state index contributed by atoms with van der Waals surface area (Å²) in [5.74, 6) is 0. The lowest BCUT2D eigenvalue weighted by molar-refractivity contribution is 0.170. The van der Waals surface area contributed by atoms with Crippen molar-refractivity contribution in [1.29, 1.82) is 5.41 Å². The number of allylic oxidation sites excluding steroid dienone is 1. The van der Waals surface area contributed by atoms with Gasteiger partial charge in [-0.3, -0.25) is 4.68 Å². The molecule has 166 valence electrons. The normalized spacial score (nSPS) is 13.3.